The fourth-order valence-corrected chi connectivity index (χ4v) is 3.85. The summed E-state index contributed by atoms with van der Waals surface area (Å²) in [6, 6.07) is 16.6. The van der Waals surface area contributed by atoms with Gasteiger partial charge in [-0.05, 0) is 36.6 Å². The van der Waals surface area contributed by atoms with Crippen molar-refractivity contribution in [2.24, 2.45) is 0 Å². The number of fused-ring (bicyclic) bond motifs is 1. The molecule has 1 unspecified atom stereocenters. The molecule has 1 atom stereocenters. The molecular weight excluding hydrogens is 324 g/mol. The SMILES string of the molecule is Cc1ccc2nc(N(C)CC3(O)CCN(Cc4ccccc4)C3)[nH]c2c1. The number of imidazole rings is 1. The van der Waals surface area contributed by atoms with E-state index >= 15 is 0 Å². The Balaban J connectivity index is 1.42. The molecule has 0 radical (unpaired) electrons. The molecule has 3 aromatic rings. The standard InChI is InChI=1S/C21H26N4O/c1-16-8-9-18-19(12-16)23-20(22-18)24(2)14-21(26)10-11-25(15-21)13-17-6-4-3-5-7-17/h3-9,12,26H,10-11,13-15H2,1-2H3,(H,22,23). The highest BCUT2D eigenvalue weighted by Crippen LogP contribution is 2.26. The zero-order valence-electron chi connectivity index (χ0n) is 15.4. The Hall–Kier alpha value is -2.37. The summed E-state index contributed by atoms with van der Waals surface area (Å²) in [5.41, 5.74) is 3.79. The van der Waals surface area contributed by atoms with Crippen LogP contribution in [0.2, 0.25) is 0 Å². The summed E-state index contributed by atoms with van der Waals surface area (Å²) in [5, 5.41) is 11.1. The summed E-state index contributed by atoms with van der Waals surface area (Å²) < 4.78 is 0. The number of hydrogen-bond acceptors (Lipinski definition) is 4. The van der Waals surface area contributed by atoms with Gasteiger partial charge in [-0.15, -0.1) is 0 Å². The molecule has 1 aromatic heterocycles. The Bertz CT molecular complexity index is 891. The number of β-amino-alcohol motifs (C(OH)–C–C–N with tert-alkyl or cyclic N) is 1. The second-order valence-electron chi connectivity index (χ2n) is 7.61. The van der Waals surface area contributed by atoms with Crippen molar-refractivity contribution in [3.63, 3.8) is 0 Å². The van der Waals surface area contributed by atoms with E-state index in [-0.39, 0.29) is 0 Å². The zero-order chi connectivity index (χ0) is 18.1. The molecule has 2 heterocycles. The first kappa shape index (κ1) is 17.1. The van der Waals surface area contributed by atoms with Gasteiger partial charge in [0.15, 0.2) is 0 Å². The Morgan fingerprint density at radius 1 is 1.23 bits per heavy atom. The van der Waals surface area contributed by atoms with Crippen LogP contribution >= 0.6 is 0 Å². The Labute approximate surface area is 154 Å². The van der Waals surface area contributed by atoms with Gasteiger partial charge in [0.2, 0.25) is 5.95 Å². The number of aliphatic hydroxyl groups is 1. The minimum atomic E-state index is -0.710. The molecule has 0 spiro atoms. The first-order valence-corrected chi connectivity index (χ1v) is 9.17. The van der Waals surface area contributed by atoms with Crippen molar-refractivity contribution in [2.45, 2.75) is 25.5 Å². The molecule has 1 saturated heterocycles. The highest BCUT2D eigenvalue weighted by atomic mass is 16.3. The van der Waals surface area contributed by atoms with Crippen LogP contribution in [0.25, 0.3) is 11.0 Å². The number of aryl methyl sites for hydroxylation is 1. The van der Waals surface area contributed by atoms with Crippen molar-refractivity contribution in [2.75, 3.05) is 31.6 Å². The lowest BCUT2D eigenvalue weighted by Gasteiger charge is -2.29. The summed E-state index contributed by atoms with van der Waals surface area (Å²) in [5.74, 6) is 0.806. The molecule has 136 valence electrons. The fourth-order valence-electron chi connectivity index (χ4n) is 3.85. The number of aromatic amines is 1. The number of nitrogens with zero attached hydrogens (tertiary/aromatic N) is 3. The van der Waals surface area contributed by atoms with Crippen LogP contribution in [0.3, 0.4) is 0 Å². The highest BCUT2D eigenvalue weighted by Gasteiger charge is 2.37. The monoisotopic (exact) mass is 350 g/mol. The second kappa shape index (κ2) is 6.74. The molecule has 5 heteroatoms. The van der Waals surface area contributed by atoms with Crippen LogP contribution < -0.4 is 4.90 Å². The summed E-state index contributed by atoms with van der Waals surface area (Å²) in [6.07, 6.45) is 0.781. The van der Waals surface area contributed by atoms with E-state index in [1.165, 1.54) is 11.1 Å². The van der Waals surface area contributed by atoms with Gasteiger partial charge in [0.05, 0.1) is 23.2 Å². The van der Waals surface area contributed by atoms with Crippen LogP contribution in [0.5, 0.6) is 0 Å². The normalized spacial score (nSPS) is 20.7. The number of nitrogens with one attached hydrogen (secondary N) is 1. The molecule has 26 heavy (non-hydrogen) atoms. The first-order chi connectivity index (χ1) is 12.5. The van der Waals surface area contributed by atoms with Gasteiger partial charge in [-0.3, -0.25) is 4.90 Å². The molecule has 0 aliphatic carbocycles. The number of likely N-dealkylation sites (tertiary alicyclic amines) is 1. The predicted molar refractivity (Wildman–Crippen MR) is 105 cm³/mol. The van der Waals surface area contributed by atoms with Gasteiger partial charge in [0, 0.05) is 26.7 Å². The number of aromatic nitrogens is 2. The maximum Gasteiger partial charge on any atom is 0.203 e. The van der Waals surface area contributed by atoms with E-state index < -0.39 is 5.60 Å². The van der Waals surface area contributed by atoms with Gasteiger partial charge < -0.3 is 15.0 Å². The summed E-state index contributed by atoms with van der Waals surface area (Å²) in [4.78, 5) is 12.4. The lowest BCUT2D eigenvalue weighted by atomic mass is 10.0. The van der Waals surface area contributed by atoms with Gasteiger partial charge >= 0.3 is 0 Å². The van der Waals surface area contributed by atoms with Gasteiger partial charge in [-0.2, -0.15) is 0 Å². The summed E-state index contributed by atoms with van der Waals surface area (Å²) in [6.45, 7) is 5.13. The van der Waals surface area contributed by atoms with E-state index in [0.717, 1.165) is 36.5 Å². The largest absolute Gasteiger partial charge is 0.387 e. The molecule has 0 bridgehead atoms. The van der Waals surface area contributed by atoms with Crippen LogP contribution in [-0.4, -0.2) is 52.3 Å². The number of rotatable bonds is 5. The van der Waals surface area contributed by atoms with E-state index in [1.54, 1.807) is 0 Å². The molecule has 0 amide bonds. The third kappa shape index (κ3) is 3.59. The molecule has 5 nitrogen and oxygen atoms in total. The van der Waals surface area contributed by atoms with Crippen molar-refractivity contribution in [3.8, 4) is 0 Å². The van der Waals surface area contributed by atoms with E-state index in [4.69, 9.17) is 0 Å². The van der Waals surface area contributed by atoms with Crippen molar-refractivity contribution in [1.29, 1.82) is 0 Å². The average molecular weight is 350 g/mol. The number of anilines is 1. The van der Waals surface area contributed by atoms with Crippen molar-refractivity contribution in [3.05, 3.63) is 59.7 Å². The van der Waals surface area contributed by atoms with E-state index in [0.29, 0.717) is 13.1 Å². The topological polar surface area (TPSA) is 55.4 Å². The Kier molecular flexibility index (Phi) is 4.42. The number of benzene rings is 2. The van der Waals surface area contributed by atoms with Crippen molar-refractivity contribution >= 4 is 17.0 Å². The maximum absolute atomic E-state index is 11.1. The molecule has 2 N–H and O–H groups in total. The minimum Gasteiger partial charge on any atom is -0.387 e. The van der Waals surface area contributed by atoms with Crippen LogP contribution in [0.1, 0.15) is 17.5 Å². The molecule has 2 aromatic carbocycles. The lowest BCUT2D eigenvalue weighted by molar-refractivity contribution is 0.0560. The van der Waals surface area contributed by atoms with Crippen LogP contribution in [0.15, 0.2) is 48.5 Å². The van der Waals surface area contributed by atoms with Gasteiger partial charge in [-0.1, -0.05) is 36.4 Å². The molecule has 4 rings (SSSR count). The number of likely N-dealkylation sites (N-methyl/N-ethyl adjacent to an activating group) is 1. The molecule has 1 aliphatic rings. The third-order valence-corrected chi connectivity index (χ3v) is 5.18. The maximum atomic E-state index is 11.1. The lowest BCUT2D eigenvalue weighted by Crippen LogP contribution is -2.44. The quantitative estimate of drug-likeness (QED) is 0.743. The highest BCUT2D eigenvalue weighted by molar-refractivity contribution is 5.78. The van der Waals surface area contributed by atoms with Gasteiger partial charge in [-0.25, -0.2) is 4.98 Å². The van der Waals surface area contributed by atoms with Gasteiger partial charge in [0.1, 0.15) is 0 Å². The van der Waals surface area contributed by atoms with E-state index in [2.05, 4.69) is 58.2 Å². The van der Waals surface area contributed by atoms with Crippen LogP contribution in [0.4, 0.5) is 5.95 Å². The Morgan fingerprint density at radius 3 is 2.85 bits per heavy atom. The summed E-state index contributed by atoms with van der Waals surface area (Å²) >= 11 is 0. The molecular formula is C21H26N4O. The Morgan fingerprint density at radius 2 is 2.04 bits per heavy atom. The van der Waals surface area contributed by atoms with Gasteiger partial charge in [0.25, 0.3) is 0 Å². The number of H-pyrrole nitrogens is 1. The van der Waals surface area contributed by atoms with E-state index in [1.807, 2.05) is 24.1 Å². The number of hydrogen-bond donors (Lipinski definition) is 2. The fraction of sp³-hybridized carbons (Fsp3) is 0.381. The molecule has 1 fully saturated rings. The zero-order valence-corrected chi connectivity index (χ0v) is 15.4. The third-order valence-electron chi connectivity index (χ3n) is 5.18. The van der Waals surface area contributed by atoms with Crippen LogP contribution in [-0.2, 0) is 6.54 Å². The van der Waals surface area contributed by atoms with Crippen LogP contribution in [0, 0.1) is 6.92 Å². The smallest absolute Gasteiger partial charge is 0.203 e. The first-order valence-electron chi connectivity index (χ1n) is 9.17. The predicted octanol–water partition coefficient (Wildman–Crippen LogP) is 2.94. The molecule has 0 saturated carbocycles. The van der Waals surface area contributed by atoms with E-state index in [9.17, 15) is 5.11 Å². The van der Waals surface area contributed by atoms with Crippen molar-refractivity contribution in [1.82, 2.24) is 14.9 Å². The average Bonchev–Trinajstić information content (AvgIpc) is 3.19. The molecule has 1 aliphatic heterocycles. The minimum absolute atomic E-state index is 0.567. The second-order valence-corrected chi connectivity index (χ2v) is 7.61. The summed E-state index contributed by atoms with van der Waals surface area (Å²) in [7, 11) is 1.99. The van der Waals surface area contributed by atoms with Crippen molar-refractivity contribution < 1.29 is 5.11 Å².